The third kappa shape index (κ3) is 4.62. The summed E-state index contributed by atoms with van der Waals surface area (Å²) in [6.07, 6.45) is 1.00. The normalized spacial score (nSPS) is 12.8. The van der Waals surface area contributed by atoms with Gasteiger partial charge in [-0.15, -0.1) is 0 Å². The summed E-state index contributed by atoms with van der Waals surface area (Å²) in [5.41, 5.74) is 0.636. The van der Waals surface area contributed by atoms with Crippen molar-refractivity contribution in [1.29, 1.82) is 0 Å². The Balaban J connectivity index is 1.87. The lowest BCUT2D eigenvalue weighted by Gasteiger charge is -2.13. The Morgan fingerprint density at radius 1 is 0.794 bits per heavy atom. The van der Waals surface area contributed by atoms with Crippen LogP contribution in [0, 0.1) is 5.82 Å². The number of benzene rings is 3. The zero-order valence-electron chi connectivity index (χ0n) is 17.7. The minimum Gasteiger partial charge on any atom is -0.222 e. The number of halogens is 1. The summed E-state index contributed by atoms with van der Waals surface area (Å²) in [5.74, 6) is -0.778. The van der Waals surface area contributed by atoms with Crippen LogP contribution in [0.1, 0.15) is 5.56 Å². The van der Waals surface area contributed by atoms with Gasteiger partial charge in [-0.25, -0.2) is 38.3 Å². The largest absolute Gasteiger partial charge is 0.269 e. The molecule has 3 aromatic carbocycles. The van der Waals surface area contributed by atoms with E-state index in [9.17, 15) is 29.6 Å². The molecule has 0 unspecified atom stereocenters. The molecule has 4 rings (SSSR count). The maximum atomic E-state index is 13.8. The quantitative estimate of drug-likeness (QED) is 0.399. The molecular formula is C22H19FN2O6S3. The number of sulfonamides is 1. The van der Waals surface area contributed by atoms with E-state index in [0.29, 0.717) is 14.9 Å². The zero-order valence-corrected chi connectivity index (χ0v) is 20.2. The highest BCUT2D eigenvalue weighted by Crippen LogP contribution is 2.32. The first-order valence-corrected chi connectivity index (χ1v) is 14.6. The van der Waals surface area contributed by atoms with Crippen LogP contribution in [0.15, 0.2) is 93.7 Å². The van der Waals surface area contributed by atoms with E-state index in [-0.39, 0.29) is 17.0 Å². The van der Waals surface area contributed by atoms with Gasteiger partial charge in [-0.1, -0.05) is 36.4 Å². The number of rotatable bonds is 7. The van der Waals surface area contributed by atoms with Crippen molar-refractivity contribution in [2.75, 3.05) is 6.26 Å². The molecule has 0 bridgehead atoms. The monoisotopic (exact) mass is 522 g/mol. The van der Waals surface area contributed by atoms with Crippen LogP contribution < -0.4 is 4.72 Å². The second-order valence-electron chi connectivity index (χ2n) is 7.51. The maximum absolute atomic E-state index is 13.8. The Kier molecular flexibility index (Phi) is 6.10. The van der Waals surface area contributed by atoms with Crippen LogP contribution in [0.2, 0.25) is 0 Å². The molecule has 0 aliphatic heterocycles. The Morgan fingerprint density at radius 2 is 1.47 bits per heavy atom. The fraction of sp³-hybridized carbons (Fsp3) is 0.0909. The second-order valence-corrected chi connectivity index (χ2v) is 13.0. The predicted molar refractivity (Wildman–Crippen MR) is 124 cm³/mol. The molecule has 0 aliphatic rings. The highest BCUT2D eigenvalue weighted by atomic mass is 32.2. The Hall–Kier alpha value is -3.06. The molecule has 178 valence electrons. The number of hydrogen-bond acceptors (Lipinski definition) is 6. The van der Waals surface area contributed by atoms with Gasteiger partial charge in [0.1, 0.15) is 5.82 Å². The minimum absolute atomic E-state index is 0.0344. The molecule has 0 amide bonds. The van der Waals surface area contributed by atoms with Crippen LogP contribution in [0.4, 0.5) is 4.39 Å². The van der Waals surface area contributed by atoms with E-state index in [1.165, 1.54) is 48.5 Å². The van der Waals surface area contributed by atoms with Crippen molar-refractivity contribution in [3.8, 4) is 0 Å². The van der Waals surface area contributed by atoms with Crippen LogP contribution in [0.5, 0.6) is 0 Å². The van der Waals surface area contributed by atoms with Crippen LogP contribution in [0.3, 0.4) is 0 Å². The van der Waals surface area contributed by atoms with E-state index < -0.39 is 45.6 Å². The average Bonchev–Trinajstić information content (AvgIpc) is 3.19. The fourth-order valence-electron chi connectivity index (χ4n) is 3.39. The number of sulfone groups is 1. The van der Waals surface area contributed by atoms with Gasteiger partial charge in [-0.2, -0.15) is 0 Å². The number of hydrogen-bond donors (Lipinski definition) is 1. The van der Waals surface area contributed by atoms with Crippen molar-refractivity contribution in [1.82, 2.24) is 8.69 Å². The average molecular weight is 523 g/mol. The fourth-order valence-corrected chi connectivity index (χ4v) is 7.18. The smallest absolute Gasteiger partial charge is 0.222 e. The Labute approximate surface area is 196 Å². The van der Waals surface area contributed by atoms with Crippen molar-refractivity contribution in [2.24, 2.45) is 0 Å². The number of nitrogens with zero attached hydrogens (tertiary/aromatic N) is 1. The number of aromatic nitrogens is 1. The lowest BCUT2D eigenvalue weighted by molar-refractivity contribution is 0.571. The van der Waals surface area contributed by atoms with Gasteiger partial charge >= 0.3 is 0 Å². The predicted octanol–water partition coefficient (Wildman–Crippen LogP) is 2.90. The molecule has 0 saturated heterocycles. The van der Waals surface area contributed by atoms with Gasteiger partial charge in [-0.3, -0.25) is 0 Å². The topological polar surface area (TPSA) is 119 Å². The van der Waals surface area contributed by atoms with Gasteiger partial charge in [0.2, 0.25) is 19.9 Å². The molecular weight excluding hydrogens is 503 g/mol. The Morgan fingerprint density at radius 3 is 2.12 bits per heavy atom. The first-order chi connectivity index (χ1) is 15.9. The molecule has 0 spiro atoms. The highest BCUT2D eigenvalue weighted by molar-refractivity contribution is 7.93. The summed E-state index contributed by atoms with van der Waals surface area (Å²) in [6.45, 7) is -0.0344. The third-order valence-electron chi connectivity index (χ3n) is 5.02. The van der Waals surface area contributed by atoms with Crippen LogP contribution in [-0.4, -0.2) is 35.5 Å². The van der Waals surface area contributed by atoms with Gasteiger partial charge < -0.3 is 0 Å². The molecule has 1 N–H and O–H groups in total. The summed E-state index contributed by atoms with van der Waals surface area (Å²) in [4.78, 5) is -0.582. The van der Waals surface area contributed by atoms with Crippen molar-refractivity contribution >= 4 is 40.8 Å². The standard InChI is InChI=1S/C22H19FN2O6S3/c1-32(26,27)24-15-16-9-11-19(12-10-16)33(28,29)22-13-17-5-2-3-8-21(17)25(22)34(30,31)20-7-4-6-18(23)14-20/h2-14,24H,15H2,1H3. The maximum Gasteiger partial charge on any atom is 0.269 e. The summed E-state index contributed by atoms with van der Waals surface area (Å²) < 4.78 is 93.3. The SMILES string of the molecule is CS(=O)(=O)NCc1ccc(S(=O)(=O)c2cc3ccccc3n2S(=O)(=O)c2cccc(F)c2)cc1. The summed E-state index contributed by atoms with van der Waals surface area (Å²) in [6, 6.07) is 17.2. The second kappa shape index (κ2) is 8.62. The number of para-hydroxylation sites is 1. The minimum atomic E-state index is -4.48. The summed E-state index contributed by atoms with van der Waals surface area (Å²) in [5, 5.41) is -0.130. The number of fused-ring (bicyclic) bond motifs is 1. The van der Waals surface area contributed by atoms with E-state index in [2.05, 4.69) is 4.72 Å². The van der Waals surface area contributed by atoms with Gasteiger partial charge in [-0.05, 0) is 48.0 Å². The lowest BCUT2D eigenvalue weighted by atomic mass is 10.2. The molecule has 0 saturated carbocycles. The highest BCUT2D eigenvalue weighted by Gasteiger charge is 2.31. The number of nitrogens with one attached hydrogen (secondary N) is 1. The molecule has 0 atom stereocenters. The van der Waals surface area contributed by atoms with Gasteiger partial charge in [0.15, 0.2) is 5.03 Å². The van der Waals surface area contributed by atoms with Gasteiger partial charge in [0, 0.05) is 11.9 Å². The molecule has 1 aromatic heterocycles. The molecule has 0 radical (unpaired) electrons. The van der Waals surface area contributed by atoms with Crippen molar-refractivity contribution in [2.45, 2.75) is 21.4 Å². The van der Waals surface area contributed by atoms with Crippen molar-refractivity contribution in [3.05, 3.63) is 90.2 Å². The molecule has 0 fully saturated rings. The zero-order chi connectivity index (χ0) is 24.7. The van der Waals surface area contributed by atoms with E-state index in [0.717, 1.165) is 18.4 Å². The van der Waals surface area contributed by atoms with Crippen LogP contribution >= 0.6 is 0 Å². The van der Waals surface area contributed by atoms with Gasteiger partial charge in [0.05, 0.1) is 21.6 Å². The molecule has 4 aromatic rings. The van der Waals surface area contributed by atoms with Crippen LogP contribution in [0.25, 0.3) is 10.9 Å². The molecule has 0 aliphatic carbocycles. The molecule has 8 nitrogen and oxygen atoms in total. The third-order valence-corrected chi connectivity index (χ3v) is 9.27. The van der Waals surface area contributed by atoms with E-state index in [4.69, 9.17) is 0 Å². The van der Waals surface area contributed by atoms with Crippen molar-refractivity contribution in [3.63, 3.8) is 0 Å². The molecule has 34 heavy (non-hydrogen) atoms. The first kappa shape index (κ1) is 24.1. The van der Waals surface area contributed by atoms with Crippen molar-refractivity contribution < 1.29 is 29.6 Å². The van der Waals surface area contributed by atoms with E-state index in [1.807, 2.05) is 0 Å². The van der Waals surface area contributed by atoms with E-state index >= 15 is 0 Å². The Bertz CT molecular complexity index is 1710. The van der Waals surface area contributed by atoms with E-state index in [1.54, 1.807) is 18.2 Å². The molecule has 12 heteroatoms. The summed E-state index contributed by atoms with van der Waals surface area (Å²) in [7, 11) is -12.3. The summed E-state index contributed by atoms with van der Waals surface area (Å²) >= 11 is 0. The van der Waals surface area contributed by atoms with Crippen LogP contribution in [-0.2, 0) is 36.4 Å². The molecule has 1 heterocycles. The van der Waals surface area contributed by atoms with Gasteiger partial charge in [0.25, 0.3) is 10.0 Å². The lowest BCUT2D eigenvalue weighted by Crippen LogP contribution is -2.21. The first-order valence-electron chi connectivity index (χ1n) is 9.80.